The third-order valence-electron chi connectivity index (χ3n) is 6.34. The minimum absolute atomic E-state index is 0.225. The molecule has 5 heterocycles. The van der Waals surface area contributed by atoms with E-state index in [1.165, 1.54) is 6.07 Å². The van der Waals surface area contributed by atoms with Gasteiger partial charge in [-0.1, -0.05) is 32.6 Å². The molecule has 0 aliphatic rings. The summed E-state index contributed by atoms with van der Waals surface area (Å²) < 4.78 is 13.7. The first-order valence-electron chi connectivity index (χ1n) is 12.5. The normalized spacial score (nSPS) is 12.4. The van der Waals surface area contributed by atoms with Gasteiger partial charge in [0.15, 0.2) is 5.13 Å². The summed E-state index contributed by atoms with van der Waals surface area (Å²) >= 11 is 1.10. The number of nitrogens with one attached hydrogen (secondary N) is 3. The second-order valence-electron chi connectivity index (χ2n) is 8.98. The lowest BCUT2D eigenvalue weighted by Crippen LogP contribution is -2.10. The molecular formula is C30H29FN6S. The van der Waals surface area contributed by atoms with Gasteiger partial charge >= 0.3 is 0 Å². The number of pyridine rings is 2. The molecule has 192 valence electrons. The quantitative estimate of drug-likeness (QED) is 0.161. The van der Waals surface area contributed by atoms with Crippen molar-refractivity contribution in [2.75, 3.05) is 0 Å². The SMILES string of the molecule is C=C/C(=C\C(=C/C)c1ccc2[nH]nc(-c3cc4c(-c5ccc(F)s5)cncc4[nH]3)c2n1)NC(=C)CCCC. The maximum Gasteiger partial charge on any atom is 0.176 e. The van der Waals surface area contributed by atoms with Crippen molar-refractivity contribution in [1.29, 1.82) is 0 Å². The van der Waals surface area contributed by atoms with Crippen LogP contribution in [0.4, 0.5) is 4.39 Å². The summed E-state index contributed by atoms with van der Waals surface area (Å²) in [6.07, 6.45) is 12.5. The summed E-state index contributed by atoms with van der Waals surface area (Å²) in [4.78, 5) is 13.6. The Morgan fingerprint density at radius 1 is 1.18 bits per heavy atom. The van der Waals surface area contributed by atoms with Gasteiger partial charge in [0.25, 0.3) is 0 Å². The minimum atomic E-state index is -0.225. The number of aromatic amines is 2. The molecule has 5 rings (SSSR count). The van der Waals surface area contributed by atoms with Crippen molar-refractivity contribution in [1.82, 2.24) is 30.5 Å². The van der Waals surface area contributed by atoms with Crippen molar-refractivity contribution >= 4 is 38.8 Å². The Morgan fingerprint density at radius 3 is 2.79 bits per heavy atom. The predicted octanol–water partition coefficient (Wildman–Crippen LogP) is 8.14. The van der Waals surface area contributed by atoms with Crippen LogP contribution < -0.4 is 5.32 Å². The first kappa shape index (κ1) is 25.4. The summed E-state index contributed by atoms with van der Waals surface area (Å²) in [5.41, 5.74) is 8.41. The van der Waals surface area contributed by atoms with Gasteiger partial charge in [0.1, 0.15) is 11.2 Å². The molecule has 0 spiro atoms. The number of hydrogen-bond donors (Lipinski definition) is 3. The van der Waals surface area contributed by atoms with Gasteiger partial charge in [-0.3, -0.25) is 10.1 Å². The zero-order valence-corrected chi connectivity index (χ0v) is 22.3. The highest BCUT2D eigenvalue weighted by Gasteiger charge is 2.16. The van der Waals surface area contributed by atoms with Gasteiger partial charge in [-0.25, -0.2) is 4.98 Å². The molecule has 0 atom stereocenters. The maximum atomic E-state index is 13.7. The van der Waals surface area contributed by atoms with Gasteiger partial charge in [0, 0.05) is 33.4 Å². The Labute approximate surface area is 224 Å². The molecule has 8 heteroatoms. The van der Waals surface area contributed by atoms with E-state index in [-0.39, 0.29) is 5.13 Å². The third-order valence-corrected chi connectivity index (χ3v) is 7.25. The van der Waals surface area contributed by atoms with E-state index in [1.54, 1.807) is 24.5 Å². The number of thiophene rings is 1. The molecule has 0 radical (unpaired) electrons. The van der Waals surface area contributed by atoms with Crippen molar-refractivity contribution in [2.45, 2.75) is 33.1 Å². The molecule has 0 aromatic carbocycles. The van der Waals surface area contributed by atoms with Crippen molar-refractivity contribution in [3.63, 3.8) is 0 Å². The molecular weight excluding hydrogens is 495 g/mol. The van der Waals surface area contributed by atoms with E-state index in [0.717, 1.165) is 91.3 Å². The molecule has 0 fully saturated rings. The second-order valence-corrected chi connectivity index (χ2v) is 10.0. The van der Waals surface area contributed by atoms with Crippen LogP contribution in [0.25, 0.3) is 49.3 Å². The highest BCUT2D eigenvalue weighted by Crippen LogP contribution is 2.35. The monoisotopic (exact) mass is 524 g/mol. The van der Waals surface area contributed by atoms with Crippen molar-refractivity contribution in [3.8, 4) is 21.8 Å². The molecule has 0 amide bonds. The molecule has 5 aromatic rings. The number of H-pyrrole nitrogens is 2. The third kappa shape index (κ3) is 5.08. The largest absolute Gasteiger partial charge is 0.359 e. The van der Waals surface area contributed by atoms with Gasteiger partial charge in [0.2, 0.25) is 0 Å². The zero-order chi connectivity index (χ0) is 26.6. The fourth-order valence-electron chi connectivity index (χ4n) is 4.36. The molecule has 0 aliphatic heterocycles. The Hall–Kier alpha value is -4.30. The van der Waals surface area contributed by atoms with E-state index >= 15 is 0 Å². The highest BCUT2D eigenvalue weighted by molar-refractivity contribution is 7.14. The molecule has 6 nitrogen and oxygen atoms in total. The Bertz CT molecular complexity index is 1700. The van der Waals surface area contributed by atoms with E-state index in [9.17, 15) is 4.39 Å². The van der Waals surface area contributed by atoms with Crippen LogP contribution in [0.5, 0.6) is 0 Å². The summed E-state index contributed by atoms with van der Waals surface area (Å²) in [6.45, 7) is 12.2. The molecule has 0 saturated heterocycles. The number of allylic oxidation sites excluding steroid dienone is 5. The smallest absolute Gasteiger partial charge is 0.176 e. The lowest BCUT2D eigenvalue weighted by Gasteiger charge is -2.11. The maximum absolute atomic E-state index is 13.7. The lowest BCUT2D eigenvalue weighted by atomic mass is 10.1. The molecule has 38 heavy (non-hydrogen) atoms. The van der Waals surface area contributed by atoms with Crippen LogP contribution in [0.1, 0.15) is 38.8 Å². The summed E-state index contributed by atoms with van der Waals surface area (Å²) in [7, 11) is 0. The minimum Gasteiger partial charge on any atom is -0.359 e. The van der Waals surface area contributed by atoms with Crippen LogP contribution in [-0.2, 0) is 0 Å². The molecule has 0 unspecified atom stereocenters. The predicted molar refractivity (Wildman–Crippen MR) is 156 cm³/mol. The standard InChI is InChI=1S/C30H29FN6S/c1-5-8-9-18(4)33-20(7-3)14-19(6-2)23-10-11-24-29(35-23)30(37-36-24)25-15-21-22(16-32-17-26(21)34-25)27-12-13-28(31)38-27/h6-7,10-17,33-34H,3-5,8-9H2,1-2H3,(H,36,37)/b19-6+,20-14+. The number of unbranched alkanes of at least 4 members (excludes halogenated alkanes) is 1. The first-order valence-corrected chi connectivity index (χ1v) is 13.4. The van der Waals surface area contributed by atoms with E-state index in [1.807, 2.05) is 37.3 Å². The van der Waals surface area contributed by atoms with Crippen LogP contribution in [0, 0.1) is 5.13 Å². The first-order chi connectivity index (χ1) is 18.5. The summed E-state index contributed by atoms with van der Waals surface area (Å²) in [5, 5.41) is 11.8. The Kier molecular flexibility index (Phi) is 7.33. The average Bonchev–Trinajstić information content (AvgIpc) is 3.66. The van der Waals surface area contributed by atoms with Crippen LogP contribution in [-0.4, -0.2) is 25.1 Å². The molecule has 0 bridgehead atoms. The average molecular weight is 525 g/mol. The molecule has 0 aliphatic carbocycles. The molecule has 0 saturated carbocycles. The second kappa shape index (κ2) is 11.0. The topological polar surface area (TPSA) is 82.3 Å². The van der Waals surface area contributed by atoms with Crippen LogP contribution in [0.15, 0.2) is 85.5 Å². The van der Waals surface area contributed by atoms with Crippen LogP contribution in [0.2, 0.25) is 0 Å². The fourth-order valence-corrected chi connectivity index (χ4v) is 5.11. The van der Waals surface area contributed by atoms with Gasteiger partial charge in [-0.15, -0.1) is 11.3 Å². The molecule has 3 N–H and O–H groups in total. The van der Waals surface area contributed by atoms with Crippen molar-refractivity contribution in [3.05, 3.63) is 96.3 Å². The van der Waals surface area contributed by atoms with Gasteiger partial charge in [-0.2, -0.15) is 9.49 Å². The number of hydrogen-bond acceptors (Lipinski definition) is 5. The molecule has 5 aromatic heterocycles. The highest BCUT2D eigenvalue weighted by atomic mass is 32.1. The summed E-state index contributed by atoms with van der Waals surface area (Å²) in [5.74, 6) is 0. The number of aromatic nitrogens is 5. The van der Waals surface area contributed by atoms with Gasteiger partial charge < -0.3 is 10.3 Å². The van der Waals surface area contributed by atoms with E-state index in [2.05, 4.69) is 45.6 Å². The fraction of sp³-hybridized carbons (Fsp3) is 0.167. The van der Waals surface area contributed by atoms with E-state index in [4.69, 9.17) is 4.98 Å². The lowest BCUT2D eigenvalue weighted by molar-refractivity contribution is 0.657. The van der Waals surface area contributed by atoms with Crippen molar-refractivity contribution < 1.29 is 4.39 Å². The number of halogens is 1. The number of fused-ring (bicyclic) bond motifs is 2. The van der Waals surface area contributed by atoms with E-state index < -0.39 is 0 Å². The number of nitrogens with zero attached hydrogens (tertiary/aromatic N) is 3. The van der Waals surface area contributed by atoms with Crippen LogP contribution >= 0.6 is 11.3 Å². The summed E-state index contributed by atoms with van der Waals surface area (Å²) in [6, 6.07) is 9.23. The Balaban J connectivity index is 1.51. The Morgan fingerprint density at radius 2 is 2.05 bits per heavy atom. The zero-order valence-electron chi connectivity index (χ0n) is 21.4. The van der Waals surface area contributed by atoms with E-state index in [0.29, 0.717) is 5.69 Å². The van der Waals surface area contributed by atoms with Gasteiger partial charge in [0.05, 0.1) is 28.6 Å². The van der Waals surface area contributed by atoms with Crippen LogP contribution in [0.3, 0.4) is 0 Å². The number of rotatable bonds is 10. The van der Waals surface area contributed by atoms with Gasteiger partial charge in [-0.05, 0) is 67.8 Å². The van der Waals surface area contributed by atoms with Crippen molar-refractivity contribution in [2.24, 2.45) is 0 Å².